The summed E-state index contributed by atoms with van der Waals surface area (Å²) in [4.78, 5) is 23.1. The molecule has 0 aromatic heterocycles. The van der Waals surface area contributed by atoms with Gasteiger partial charge < -0.3 is 16.8 Å². The van der Waals surface area contributed by atoms with Crippen molar-refractivity contribution in [1.82, 2.24) is 0 Å². The summed E-state index contributed by atoms with van der Waals surface area (Å²) in [5, 5.41) is 2.80. The molecule has 0 bridgehead atoms. The van der Waals surface area contributed by atoms with Crippen molar-refractivity contribution in [3.05, 3.63) is 29.8 Å². The summed E-state index contributed by atoms with van der Waals surface area (Å²) in [6.45, 7) is 4.94. The molecule has 21 heavy (non-hydrogen) atoms. The van der Waals surface area contributed by atoms with Crippen LogP contribution in [-0.2, 0) is 4.79 Å². The molecule has 0 fully saturated rings. The number of carbonyl (C=O) groups excluding carboxylic acids is 2. The third-order valence-corrected chi connectivity index (χ3v) is 3.65. The van der Waals surface area contributed by atoms with E-state index >= 15 is 0 Å². The van der Waals surface area contributed by atoms with Gasteiger partial charge in [-0.25, -0.2) is 0 Å². The van der Waals surface area contributed by atoms with Crippen molar-refractivity contribution in [3.8, 4) is 0 Å². The van der Waals surface area contributed by atoms with Gasteiger partial charge in [-0.2, -0.15) is 0 Å². The normalized spacial score (nSPS) is 12.2. The van der Waals surface area contributed by atoms with Gasteiger partial charge in [-0.3, -0.25) is 9.59 Å². The lowest BCUT2D eigenvalue weighted by molar-refractivity contribution is -0.116. The zero-order valence-electron chi connectivity index (χ0n) is 12.8. The summed E-state index contributed by atoms with van der Waals surface area (Å²) in [6, 6.07) is 6.64. The van der Waals surface area contributed by atoms with Crippen molar-refractivity contribution in [2.24, 2.45) is 23.3 Å². The second kappa shape index (κ2) is 8.42. The standard InChI is InChI=1S/C16H25N3O2/c1-11(2)12(8-9-17)6-7-15(20)19-14-5-3-4-13(10-14)16(18)21/h3-5,10-12H,6-9,17H2,1-2H3,(H2,18,21)(H,19,20). The number of primary amides is 1. The van der Waals surface area contributed by atoms with Gasteiger partial charge in [0, 0.05) is 17.7 Å². The van der Waals surface area contributed by atoms with Gasteiger partial charge in [0.05, 0.1) is 0 Å². The molecule has 0 aliphatic rings. The lowest BCUT2D eigenvalue weighted by atomic mass is 9.88. The minimum Gasteiger partial charge on any atom is -0.366 e. The van der Waals surface area contributed by atoms with Gasteiger partial charge in [0.1, 0.15) is 0 Å². The van der Waals surface area contributed by atoms with Crippen LogP contribution in [0.3, 0.4) is 0 Å². The number of nitrogens with two attached hydrogens (primary N) is 2. The van der Waals surface area contributed by atoms with Crippen LogP contribution in [0.2, 0.25) is 0 Å². The van der Waals surface area contributed by atoms with Crippen LogP contribution in [-0.4, -0.2) is 18.4 Å². The first-order valence-electron chi connectivity index (χ1n) is 7.33. The van der Waals surface area contributed by atoms with Gasteiger partial charge in [-0.05, 0) is 49.4 Å². The van der Waals surface area contributed by atoms with Crippen LogP contribution in [0.5, 0.6) is 0 Å². The average Bonchev–Trinajstić information content (AvgIpc) is 2.43. The van der Waals surface area contributed by atoms with E-state index in [4.69, 9.17) is 11.5 Å². The fourth-order valence-electron chi connectivity index (χ4n) is 2.32. The zero-order valence-corrected chi connectivity index (χ0v) is 12.8. The molecular formula is C16H25N3O2. The minimum absolute atomic E-state index is 0.0562. The Morgan fingerprint density at radius 2 is 1.95 bits per heavy atom. The van der Waals surface area contributed by atoms with E-state index in [-0.39, 0.29) is 5.91 Å². The van der Waals surface area contributed by atoms with E-state index in [9.17, 15) is 9.59 Å². The Bertz CT molecular complexity index is 486. The van der Waals surface area contributed by atoms with Crippen LogP contribution in [0, 0.1) is 11.8 Å². The fraction of sp³-hybridized carbons (Fsp3) is 0.500. The molecule has 0 saturated heterocycles. The Balaban J connectivity index is 2.53. The first-order valence-corrected chi connectivity index (χ1v) is 7.33. The molecule has 116 valence electrons. The van der Waals surface area contributed by atoms with E-state index < -0.39 is 5.91 Å². The van der Waals surface area contributed by atoms with Crippen molar-refractivity contribution < 1.29 is 9.59 Å². The Morgan fingerprint density at radius 3 is 2.52 bits per heavy atom. The Labute approximate surface area is 126 Å². The number of anilines is 1. The van der Waals surface area contributed by atoms with Gasteiger partial charge in [0.15, 0.2) is 0 Å². The Kier molecular flexibility index (Phi) is 6.88. The van der Waals surface area contributed by atoms with Gasteiger partial charge in [0.2, 0.25) is 11.8 Å². The van der Waals surface area contributed by atoms with Crippen LogP contribution in [0.15, 0.2) is 24.3 Å². The third-order valence-electron chi connectivity index (χ3n) is 3.65. The highest BCUT2D eigenvalue weighted by molar-refractivity contribution is 5.96. The Hall–Kier alpha value is -1.88. The third kappa shape index (κ3) is 5.95. The van der Waals surface area contributed by atoms with Crippen molar-refractivity contribution >= 4 is 17.5 Å². The summed E-state index contributed by atoms with van der Waals surface area (Å²) >= 11 is 0. The van der Waals surface area contributed by atoms with E-state index in [0.717, 1.165) is 12.8 Å². The molecule has 1 aromatic rings. The van der Waals surface area contributed by atoms with Crippen molar-refractivity contribution in [2.45, 2.75) is 33.1 Å². The molecule has 1 unspecified atom stereocenters. The van der Waals surface area contributed by atoms with E-state index in [1.807, 2.05) is 0 Å². The summed E-state index contributed by atoms with van der Waals surface area (Å²) in [5.74, 6) is 0.408. The van der Waals surface area contributed by atoms with Crippen LogP contribution < -0.4 is 16.8 Å². The van der Waals surface area contributed by atoms with Gasteiger partial charge in [0.25, 0.3) is 0 Å². The molecule has 1 aromatic carbocycles. The molecule has 1 atom stereocenters. The van der Waals surface area contributed by atoms with E-state index in [1.165, 1.54) is 0 Å². The van der Waals surface area contributed by atoms with Crippen LogP contribution in [0.4, 0.5) is 5.69 Å². The number of amides is 2. The molecule has 0 saturated carbocycles. The second-order valence-electron chi connectivity index (χ2n) is 5.61. The monoisotopic (exact) mass is 291 g/mol. The van der Waals surface area contributed by atoms with Gasteiger partial charge >= 0.3 is 0 Å². The van der Waals surface area contributed by atoms with Crippen molar-refractivity contribution in [3.63, 3.8) is 0 Å². The van der Waals surface area contributed by atoms with Gasteiger partial charge in [-0.1, -0.05) is 19.9 Å². The maximum atomic E-state index is 12.0. The summed E-state index contributed by atoms with van der Waals surface area (Å²) in [5.41, 5.74) is 11.8. The van der Waals surface area contributed by atoms with E-state index in [1.54, 1.807) is 24.3 Å². The van der Waals surface area contributed by atoms with Crippen LogP contribution in [0.25, 0.3) is 0 Å². The highest BCUT2D eigenvalue weighted by Gasteiger charge is 2.14. The lowest BCUT2D eigenvalue weighted by Crippen LogP contribution is -2.18. The molecular weight excluding hydrogens is 266 g/mol. The highest BCUT2D eigenvalue weighted by Crippen LogP contribution is 2.21. The number of hydrogen-bond donors (Lipinski definition) is 3. The second-order valence-corrected chi connectivity index (χ2v) is 5.61. The van der Waals surface area contributed by atoms with Crippen LogP contribution in [0.1, 0.15) is 43.5 Å². The molecule has 0 aliphatic heterocycles. The van der Waals surface area contributed by atoms with E-state index in [2.05, 4.69) is 19.2 Å². The Morgan fingerprint density at radius 1 is 1.24 bits per heavy atom. The molecule has 0 radical (unpaired) electrons. The largest absolute Gasteiger partial charge is 0.366 e. The lowest BCUT2D eigenvalue weighted by Gasteiger charge is -2.19. The number of hydrogen-bond acceptors (Lipinski definition) is 3. The van der Waals surface area contributed by atoms with Crippen molar-refractivity contribution in [1.29, 1.82) is 0 Å². The number of benzene rings is 1. The molecule has 0 heterocycles. The molecule has 0 spiro atoms. The van der Waals surface area contributed by atoms with Crippen molar-refractivity contribution in [2.75, 3.05) is 11.9 Å². The number of nitrogens with one attached hydrogen (secondary N) is 1. The van der Waals surface area contributed by atoms with Gasteiger partial charge in [-0.15, -0.1) is 0 Å². The number of carbonyl (C=O) groups is 2. The smallest absolute Gasteiger partial charge is 0.248 e. The zero-order chi connectivity index (χ0) is 15.8. The fourth-order valence-corrected chi connectivity index (χ4v) is 2.32. The molecule has 5 nitrogen and oxygen atoms in total. The quantitative estimate of drug-likeness (QED) is 0.684. The molecule has 1 rings (SSSR count). The highest BCUT2D eigenvalue weighted by atomic mass is 16.2. The topological polar surface area (TPSA) is 98.2 Å². The molecule has 5 heteroatoms. The van der Waals surface area contributed by atoms with E-state index in [0.29, 0.717) is 36.1 Å². The molecule has 0 aliphatic carbocycles. The SMILES string of the molecule is CC(C)C(CCN)CCC(=O)Nc1cccc(C(N)=O)c1. The summed E-state index contributed by atoms with van der Waals surface area (Å²) < 4.78 is 0. The first kappa shape index (κ1) is 17.2. The number of rotatable bonds is 8. The summed E-state index contributed by atoms with van der Waals surface area (Å²) in [6.07, 6.45) is 2.20. The molecule has 5 N–H and O–H groups in total. The summed E-state index contributed by atoms with van der Waals surface area (Å²) in [7, 11) is 0. The maximum absolute atomic E-state index is 12.0. The minimum atomic E-state index is -0.506. The van der Waals surface area contributed by atoms with Crippen LogP contribution >= 0.6 is 0 Å². The maximum Gasteiger partial charge on any atom is 0.248 e. The molecule has 2 amide bonds. The predicted molar refractivity (Wildman–Crippen MR) is 84.8 cm³/mol. The average molecular weight is 291 g/mol. The predicted octanol–water partition coefficient (Wildman–Crippen LogP) is 2.13. The first-order chi connectivity index (χ1) is 9.93.